The number of carbonyl (C=O) groups is 1. The van der Waals surface area contributed by atoms with Crippen LogP contribution >= 0.6 is 0 Å². The molecule has 3 rings (SSSR count). The normalized spacial score (nSPS) is 20.3. The number of aryl methyl sites for hydroxylation is 2. The minimum atomic E-state index is -0.239. The molecule has 0 radical (unpaired) electrons. The van der Waals surface area contributed by atoms with Gasteiger partial charge in [0.2, 0.25) is 5.91 Å². The van der Waals surface area contributed by atoms with Crippen molar-refractivity contribution in [3.8, 4) is 0 Å². The molecular formula is C20H23NO. The molecule has 1 aliphatic carbocycles. The van der Waals surface area contributed by atoms with E-state index in [1.807, 2.05) is 12.1 Å². The summed E-state index contributed by atoms with van der Waals surface area (Å²) in [6, 6.07) is 16.7. The van der Waals surface area contributed by atoms with Crippen LogP contribution in [0.1, 0.15) is 42.0 Å². The number of carbonyl (C=O) groups excluding carboxylic acids is 1. The molecule has 0 aliphatic heterocycles. The van der Waals surface area contributed by atoms with E-state index in [4.69, 9.17) is 0 Å². The van der Waals surface area contributed by atoms with Crippen molar-refractivity contribution in [2.75, 3.05) is 0 Å². The fourth-order valence-corrected chi connectivity index (χ4v) is 3.42. The molecule has 0 bridgehead atoms. The second-order valence-corrected chi connectivity index (χ2v) is 6.55. The summed E-state index contributed by atoms with van der Waals surface area (Å²) in [5, 5.41) is 3.28. The molecule has 22 heavy (non-hydrogen) atoms. The zero-order valence-electron chi connectivity index (χ0n) is 13.4. The van der Waals surface area contributed by atoms with Crippen LogP contribution in [0.3, 0.4) is 0 Å². The first-order valence-electron chi connectivity index (χ1n) is 8.02. The minimum Gasteiger partial charge on any atom is -0.347 e. The van der Waals surface area contributed by atoms with Gasteiger partial charge in [-0.1, -0.05) is 54.1 Å². The monoisotopic (exact) mass is 293 g/mol. The third-order valence-corrected chi connectivity index (χ3v) is 4.64. The Morgan fingerprint density at radius 3 is 2.64 bits per heavy atom. The fourth-order valence-electron chi connectivity index (χ4n) is 3.42. The van der Waals surface area contributed by atoms with Gasteiger partial charge in [-0.05, 0) is 49.8 Å². The van der Waals surface area contributed by atoms with E-state index in [2.05, 4.69) is 55.6 Å². The zero-order chi connectivity index (χ0) is 15.6. The van der Waals surface area contributed by atoms with Gasteiger partial charge in [0.25, 0.3) is 0 Å². The topological polar surface area (TPSA) is 29.1 Å². The molecule has 0 spiro atoms. The van der Waals surface area contributed by atoms with Crippen molar-refractivity contribution in [2.24, 2.45) is 0 Å². The van der Waals surface area contributed by atoms with Gasteiger partial charge in [-0.3, -0.25) is 4.79 Å². The third-order valence-electron chi connectivity index (χ3n) is 4.64. The van der Waals surface area contributed by atoms with Crippen LogP contribution in [0.5, 0.6) is 0 Å². The summed E-state index contributed by atoms with van der Waals surface area (Å²) in [7, 11) is 0. The van der Waals surface area contributed by atoms with Crippen LogP contribution < -0.4 is 5.32 Å². The maximum Gasteiger partial charge on any atom is 0.225 e. The van der Waals surface area contributed by atoms with Crippen molar-refractivity contribution in [1.82, 2.24) is 5.32 Å². The van der Waals surface area contributed by atoms with Crippen LogP contribution in [0.25, 0.3) is 0 Å². The van der Waals surface area contributed by atoms with E-state index in [1.54, 1.807) is 0 Å². The smallest absolute Gasteiger partial charge is 0.225 e. The van der Waals surface area contributed by atoms with Crippen molar-refractivity contribution in [1.29, 1.82) is 0 Å². The first-order chi connectivity index (χ1) is 10.6. The average molecular weight is 293 g/mol. The van der Waals surface area contributed by atoms with Crippen LogP contribution in [0.2, 0.25) is 0 Å². The maximum atomic E-state index is 12.5. The first-order valence-corrected chi connectivity index (χ1v) is 8.02. The summed E-state index contributed by atoms with van der Waals surface area (Å²) >= 11 is 0. The molecule has 1 amide bonds. The van der Waals surface area contributed by atoms with Gasteiger partial charge in [-0.25, -0.2) is 0 Å². The molecule has 1 atom stereocenters. The van der Waals surface area contributed by atoms with Gasteiger partial charge >= 0.3 is 0 Å². The third kappa shape index (κ3) is 3.06. The van der Waals surface area contributed by atoms with Gasteiger partial charge in [0.15, 0.2) is 0 Å². The number of hydrogen-bond donors (Lipinski definition) is 1. The zero-order valence-corrected chi connectivity index (χ0v) is 13.4. The maximum absolute atomic E-state index is 12.5. The van der Waals surface area contributed by atoms with Gasteiger partial charge in [0.1, 0.15) is 0 Å². The Balaban J connectivity index is 1.75. The average Bonchev–Trinajstić information content (AvgIpc) is 2.50. The molecule has 114 valence electrons. The van der Waals surface area contributed by atoms with Crippen LogP contribution in [0.15, 0.2) is 48.5 Å². The van der Waals surface area contributed by atoms with E-state index in [0.29, 0.717) is 6.42 Å². The molecule has 0 fully saturated rings. The van der Waals surface area contributed by atoms with Crippen molar-refractivity contribution in [2.45, 2.75) is 45.1 Å². The number of amides is 1. The highest BCUT2D eigenvalue weighted by Crippen LogP contribution is 2.34. The van der Waals surface area contributed by atoms with E-state index >= 15 is 0 Å². The highest BCUT2D eigenvalue weighted by molar-refractivity contribution is 5.79. The number of rotatable bonds is 3. The van der Waals surface area contributed by atoms with Crippen molar-refractivity contribution in [3.63, 3.8) is 0 Å². The molecule has 2 aromatic carbocycles. The Bertz CT molecular complexity index is 674. The lowest BCUT2D eigenvalue weighted by atomic mass is 9.77. The second-order valence-electron chi connectivity index (χ2n) is 6.55. The molecule has 1 unspecified atom stereocenters. The number of nitrogens with one attached hydrogen (secondary N) is 1. The molecule has 0 heterocycles. The summed E-state index contributed by atoms with van der Waals surface area (Å²) in [5.41, 5.74) is 4.69. The van der Waals surface area contributed by atoms with E-state index in [0.717, 1.165) is 24.8 Å². The molecule has 0 saturated carbocycles. The predicted octanol–water partition coefficient (Wildman–Crippen LogP) is 3.91. The molecule has 1 aliphatic rings. The van der Waals surface area contributed by atoms with E-state index in [1.165, 1.54) is 16.7 Å². The van der Waals surface area contributed by atoms with Crippen molar-refractivity contribution < 1.29 is 4.79 Å². The largest absolute Gasteiger partial charge is 0.347 e. The molecule has 2 heteroatoms. The lowest BCUT2D eigenvalue weighted by Crippen LogP contribution is -2.46. The van der Waals surface area contributed by atoms with Gasteiger partial charge < -0.3 is 5.32 Å². The molecule has 2 nitrogen and oxygen atoms in total. The lowest BCUT2D eigenvalue weighted by molar-refractivity contribution is -0.122. The highest BCUT2D eigenvalue weighted by atomic mass is 16.1. The lowest BCUT2D eigenvalue weighted by Gasteiger charge is -2.37. The van der Waals surface area contributed by atoms with Gasteiger partial charge in [0, 0.05) is 0 Å². The summed E-state index contributed by atoms with van der Waals surface area (Å²) < 4.78 is 0. The Hall–Kier alpha value is -2.09. The summed E-state index contributed by atoms with van der Waals surface area (Å²) in [6.45, 7) is 4.21. The van der Waals surface area contributed by atoms with Gasteiger partial charge in [-0.15, -0.1) is 0 Å². The standard InChI is InChI=1S/C20H23NO/c1-15-9-11-16(12-10-15)14-19(22)21-20(2)13-5-7-17-6-3-4-8-18(17)20/h3-4,6,8-12H,5,7,13-14H2,1-2H3,(H,21,22). The quantitative estimate of drug-likeness (QED) is 0.913. The van der Waals surface area contributed by atoms with E-state index < -0.39 is 0 Å². The predicted molar refractivity (Wildman–Crippen MR) is 89.8 cm³/mol. The first kappa shape index (κ1) is 14.8. The Labute approximate surface area is 132 Å². The Morgan fingerprint density at radius 2 is 1.86 bits per heavy atom. The van der Waals surface area contributed by atoms with E-state index in [9.17, 15) is 4.79 Å². The number of hydrogen-bond acceptors (Lipinski definition) is 1. The van der Waals surface area contributed by atoms with Crippen LogP contribution in [0, 0.1) is 6.92 Å². The fraction of sp³-hybridized carbons (Fsp3) is 0.350. The van der Waals surface area contributed by atoms with Crippen molar-refractivity contribution >= 4 is 5.91 Å². The Morgan fingerprint density at radius 1 is 1.14 bits per heavy atom. The van der Waals surface area contributed by atoms with Crippen LogP contribution in [-0.2, 0) is 23.2 Å². The SMILES string of the molecule is Cc1ccc(CC(=O)NC2(C)CCCc3ccccc32)cc1. The molecular weight excluding hydrogens is 270 g/mol. The van der Waals surface area contributed by atoms with Crippen LogP contribution in [0.4, 0.5) is 0 Å². The second kappa shape index (κ2) is 5.96. The van der Waals surface area contributed by atoms with Gasteiger partial charge in [-0.2, -0.15) is 0 Å². The summed E-state index contributed by atoms with van der Waals surface area (Å²) in [6.07, 6.45) is 3.68. The van der Waals surface area contributed by atoms with Gasteiger partial charge in [0.05, 0.1) is 12.0 Å². The number of benzene rings is 2. The molecule has 2 aromatic rings. The van der Waals surface area contributed by atoms with E-state index in [-0.39, 0.29) is 11.4 Å². The highest BCUT2D eigenvalue weighted by Gasteiger charge is 2.32. The molecule has 1 N–H and O–H groups in total. The number of fused-ring (bicyclic) bond motifs is 1. The minimum absolute atomic E-state index is 0.100. The summed E-state index contributed by atoms with van der Waals surface area (Å²) in [4.78, 5) is 12.5. The Kier molecular flexibility index (Phi) is 4.02. The van der Waals surface area contributed by atoms with Crippen LogP contribution in [-0.4, -0.2) is 5.91 Å². The van der Waals surface area contributed by atoms with Crippen molar-refractivity contribution in [3.05, 3.63) is 70.8 Å². The molecule has 0 aromatic heterocycles. The summed E-state index contributed by atoms with van der Waals surface area (Å²) in [5.74, 6) is 0.100. The molecule has 0 saturated heterocycles.